The van der Waals surface area contributed by atoms with Gasteiger partial charge in [0.1, 0.15) is 0 Å². The van der Waals surface area contributed by atoms with Gasteiger partial charge in [0.05, 0.1) is 10.6 Å². The molecule has 0 amide bonds. The Morgan fingerprint density at radius 1 is 1.23 bits per heavy atom. The second-order valence-electron chi connectivity index (χ2n) is 6.20. The number of aromatic nitrogens is 3. The minimum atomic E-state index is -5.43. The molecule has 3 rings (SSSR count). The van der Waals surface area contributed by atoms with E-state index in [2.05, 4.69) is 15.3 Å². The molecule has 13 heteroatoms. The number of thiazole rings is 1. The van der Waals surface area contributed by atoms with Crippen molar-refractivity contribution in [1.82, 2.24) is 19.3 Å². The molecule has 3 aromatic rings. The maximum atomic E-state index is 12.4. The number of alkyl halides is 3. The second kappa shape index (κ2) is 8.16. The lowest BCUT2D eigenvalue weighted by atomic mass is 10.2. The highest BCUT2D eigenvalue weighted by Crippen LogP contribution is 2.26. The zero-order valence-corrected chi connectivity index (χ0v) is 17.3. The van der Waals surface area contributed by atoms with Crippen LogP contribution in [-0.2, 0) is 23.6 Å². The summed E-state index contributed by atoms with van der Waals surface area (Å²) >= 11 is 1.05. The zero-order chi connectivity index (χ0) is 22.1. The third kappa shape index (κ3) is 4.68. The maximum absolute atomic E-state index is 12.4. The number of halogens is 3. The van der Waals surface area contributed by atoms with Crippen LogP contribution >= 0.6 is 11.3 Å². The number of sulfonamides is 1. The molecule has 0 unspecified atom stereocenters. The summed E-state index contributed by atoms with van der Waals surface area (Å²) in [6, 6.07) is 7.79. The SMILES string of the molecule is Cc1c(-c2ccnc(Nc3cccc(CNS(=O)(=O)C(F)(F)F)c3)n2)sc(=O)n1C. The van der Waals surface area contributed by atoms with Gasteiger partial charge in [0, 0.05) is 31.2 Å². The molecule has 0 aliphatic heterocycles. The molecule has 0 bridgehead atoms. The fourth-order valence-corrected chi connectivity index (χ4v) is 3.92. The Balaban J connectivity index is 1.78. The van der Waals surface area contributed by atoms with Crippen LogP contribution in [0.5, 0.6) is 0 Å². The van der Waals surface area contributed by atoms with Crippen LogP contribution in [0.15, 0.2) is 41.3 Å². The average Bonchev–Trinajstić information content (AvgIpc) is 2.93. The summed E-state index contributed by atoms with van der Waals surface area (Å²) in [5.74, 6) is 0.212. The van der Waals surface area contributed by atoms with E-state index in [1.165, 1.54) is 27.6 Å². The van der Waals surface area contributed by atoms with Gasteiger partial charge >= 0.3 is 20.4 Å². The Morgan fingerprint density at radius 3 is 2.60 bits per heavy atom. The van der Waals surface area contributed by atoms with Crippen molar-refractivity contribution in [1.29, 1.82) is 0 Å². The summed E-state index contributed by atoms with van der Waals surface area (Å²) in [6.07, 6.45) is 1.51. The quantitative estimate of drug-likeness (QED) is 0.587. The molecule has 0 fully saturated rings. The first-order chi connectivity index (χ1) is 14.0. The molecular weight excluding hydrogens is 443 g/mol. The molecule has 8 nitrogen and oxygen atoms in total. The molecule has 2 N–H and O–H groups in total. The van der Waals surface area contributed by atoms with E-state index in [4.69, 9.17) is 0 Å². The van der Waals surface area contributed by atoms with Crippen LogP contribution in [-0.4, -0.2) is 28.5 Å². The van der Waals surface area contributed by atoms with Crippen molar-refractivity contribution in [3.8, 4) is 10.6 Å². The first-order valence-electron chi connectivity index (χ1n) is 8.39. The topological polar surface area (TPSA) is 106 Å². The molecule has 0 spiro atoms. The Bertz CT molecular complexity index is 1240. The van der Waals surface area contributed by atoms with Crippen LogP contribution in [0, 0.1) is 6.92 Å². The van der Waals surface area contributed by atoms with Gasteiger partial charge in [-0.15, -0.1) is 0 Å². The van der Waals surface area contributed by atoms with Crippen molar-refractivity contribution in [3.05, 3.63) is 57.5 Å². The highest BCUT2D eigenvalue weighted by Gasteiger charge is 2.45. The third-order valence-corrected chi connectivity index (χ3v) is 6.43. The summed E-state index contributed by atoms with van der Waals surface area (Å²) in [4.78, 5) is 20.9. The lowest BCUT2D eigenvalue weighted by Crippen LogP contribution is -2.35. The average molecular weight is 459 g/mol. The smallest absolute Gasteiger partial charge is 0.324 e. The summed E-state index contributed by atoms with van der Waals surface area (Å²) < 4.78 is 62.6. The highest BCUT2D eigenvalue weighted by molar-refractivity contribution is 7.90. The molecule has 0 saturated carbocycles. The molecule has 1 aromatic carbocycles. The fourth-order valence-electron chi connectivity index (χ4n) is 2.45. The van der Waals surface area contributed by atoms with Crippen molar-refractivity contribution < 1.29 is 21.6 Å². The first kappa shape index (κ1) is 21.9. The monoisotopic (exact) mass is 459 g/mol. The van der Waals surface area contributed by atoms with E-state index in [0.29, 0.717) is 21.8 Å². The molecule has 2 heterocycles. The van der Waals surface area contributed by atoms with Gasteiger partial charge in [0.2, 0.25) is 5.95 Å². The van der Waals surface area contributed by atoms with E-state index in [9.17, 15) is 26.4 Å². The summed E-state index contributed by atoms with van der Waals surface area (Å²) in [6.45, 7) is 1.27. The van der Waals surface area contributed by atoms with Gasteiger partial charge in [-0.05, 0) is 30.7 Å². The molecule has 0 aliphatic rings. The standard InChI is InChI=1S/C17H16F3N5O3S2/c1-10-14(29-16(26)25(10)2)13-6-7-21-15(24-13)23-12-5-3-4-11(8-12)9-22-30(27,28)17(18,19)20/h3-8,22H,9H2,1-2H3,(H,21,23,24). The minimum Gasteiger partial charge on any atom is -0.324 e. The van der Waals surface area contributed by atoms with Gasteiger partial charge in [-0.25, -0.2) is 23.1 Å². The normalized spacial score (nSPS) is 12.2. The van der Waals surface area contributed by atoms with Gasteiger partial charge in [-0.1, -0.05) is 23.5 Å². The number of nitrogens with zero attached hydrogens (tertiary/aromatic N) is 3. The zero-order valence-electron chi connectivity index (χ0n) is 15.7. The Morgan fingerprint density at radius 2 is 1.97 bits per heavy atom. The van der Waals surface area contributed by atoms with Crippen LogP contribution < -0.4 is 14.9 Å². The van der Waals surface area contributed by atoms with Crippen molar-refractivity contribution in [2.45, 2.75) is 19.0 Å². The van der Waals surface area contributed by atoms with Crippen LogP contribution in [0.1, 0.15) is 11.3 Å². The molecule has 30 heavy (non-hydrogen) atoms. The molecular formula is C17H16F3N5O3S2. The van der Waals surface area contributed by atoms with E-state index in [1.54, 1.807) is 32.2 Å². The van der Waals surface area contributed by atoms with Crippen LogP contribution in [0.4, 0.5) is 24.8 Å². The molecule has 0 saturated heterocycles. The lowest BCUT2D eigenvalue weighted by molar-refractivity contribution is -0.0448. The van der Waals surface area contributed by atoms with Crippen molar-refractivity contribution >= 4 is 33.0 Å². The van der Waals surface area contributed by atoms with Crippen LogP contribution in [0.2, 0.25) is 0 Å². The fraction of sp³-hybridized carbons (Fsp3) is 0.235. The van der Waals surface area contributed by atoms with Gasteiger partial charge in [-0.2, -0.15) is 13.2 Å². The third-order valence-electron chi connectivity index (χ3n) is 4.14. The van der Waals surface area contributed by atoms with Crippen LogP contribution in [0.3, 0.4) is 0 Å². The number of rotatable bonds is 6. The molecule has 160 valence electrons. The lowest BCUT2D eigenvalue weighted by Gasteiger charge is -2.11. The number of benzene rings is 1. The van der Waals surface area contributed by atoms with E-state index >= 15 is 0 Å². The second-order valence-corrected chi connectivity index (χ2v) is 8.92. The number of nitrogens with one attached hydrogen (secondary N) is 2. The molecule has 0 aliphatic carbocycles. The minimum absolute atomic E-state index is 0.121. The molecule has 0 radical (unpaired) electrons. The highest BCUT2D eigenvalue weighted by atomic mass is 32.2. The van der Waals surface area contributed by atoms with E-state index in [-0.39, 0.29) is 10.8 Å². The first-order valence-corrected chi connectivity index (χ1v) is 10.7. The number of hydrogen-bond acceptors (Lipinski definition) is 7. The molecule has 0 atom stereocenters. The van der Waals surface area contributed by atoms with Crippen molar-refractivity contribution in [2.24, 2.45) is 7.05 Å². The summed E-state index contributed by atoms with van der Waals surface area (Å²) in [7, 11) is -3.77. The van der Waals surface area contributed by atoms with Gasteiger partial charge in [0.25, 0.3) is 0 Å². The number of anilines is 2. The van der Waals surface area contributed by atoms with Crippen LogP contribution in [0.25, 0.3) is 10.6 Å². The van der Waals surface area contributed by atoms with E-state index in [0.717, 1.165) is 17.0 Å². The Hall–Kier alpha value is -2.77. The maximum Gasteiger partial charge on any atom is 0.511 e. The largest absolute Gasteiger partial charge is 0.511 e. The van der Waals surface area contributed by atoms with Gasteiger partial charge < -0.3 is 9.88 Å². The van der Waals surface area contributed by atoms with Gasteiger partial charge in [-0.3, -0.25) is 4.79 Å². The van der Waals surface area contributed by atoms with Crippen molar-refractivity contribution in [3.63, 3.8) is 0 Å². The van der Waals surface area contributed by atoms with E-state index in [1.807, 2.05) is 0 Å². The van der Waals surface area contributed by atoms with Gasteiger partial charge in [0.15, 0.2) is 0 Å². The predicted molar refractivity (Wildman–Crippen MR) is 107 cm³/mol. The Labute approximate surface area is 173 Å². The summed E-state index contributed by atoms with van der Waals surface area (Å²) in [5, 5.41) is 2.92. The number of hydrogen-bond donors (Lipinski definition) is 2. The summed E-state index contributed by atoms with van der Waals surface area (Å²) in [5.41, 5.74) is -3.32. The molecule has 2 aromatic heterocycles. The predicted octanol–water partition coefficient (Wildman–Crippen LogP) is 2.90. The van der Waals surface area contributed by atoms with E-state index < -0.39 is 22.1 Å². The Kier molecular flexibility index (Phi) is 5.97. The van der Waals surface area contributed by atoms with Crippen molar-refractivity contribution in [2.75, 3.05) is 5.32 Å².